The minimum atomic E-state index is -0.729. The Hall–Kier alpha value is -0.570. The van der Waals surface area contributed by atoms with E-state index < -0.39 is 5.97 Å². The molecule has 3 heteroatoms. The van der Waals surface area contributed by atoms with Gasteiger partial charge in [0.1, 0.15) is 0 Å². The van der Waals surface area contributed by atoms with E-state index >= 15 is 0 Å². The summed E-state index contributed by atoms with van der Waals surface area (Å²) >= 11 is 0. The molecular formula is C13H25NO2. The first kappa shape index (κ1) is 13.5. The Morgan fingerprint density at radius 1 is 1.38 bits per heavy atom. The van der Waals surface area contributed by atoms with Gasteiger partial charge in [-0.25, -0.2) is 0 Å². The molecule has 1 fully saturated rings. The molecule has 0 spiro atoms. The lowest BCUT2D eigenvalue weighted by molar-refractivity contribution is -0.138. The third-order valence-corrected chi connectivity index (χ3v) is 3.49. The zero-order chi connectivity index (χ0) is 12.0. The van der Waals surface area contributed by atoms with Crippen LogP contribution >= 0.6 is 0 Å². The Kier molecular flexibility index (Phi) is 5.81. The highest BCUT2D eigenvalue weighted by Crippen LogP contribution is 2.29. The van der Waals surface area contributed by atoms with Crippen molar-refractivity contribution in [3.8, 4) is 0 Å². The van der Waals surface area contributed by atoms with Crippen LogP contribution in [0.2, 0.25) is 0 Å². The van der Waals surface area contributed by atoms with Gasteiger partial charge < -0.3 is 5.11 Å². The van der Waals surface area contributed by atoms with Crippen molar-refractivity contribution in [2.24, 2.45) is 11.8 Å². The normalized spacial score (nSPS) is 19.9. The number of likely N-dealkylation sites (N-methyl/N-ethyl adjacent to an activating group) is 1. The van der Waals surface area contributed by atoms with E-state index in [0.29, 0.717) is 5.92 Å². The molecule has 1 aliphatic carbocycles. The fourth-order valence-corrected chi connectivity index (χ4v) is 2.89. The van der Waals surface area contributed by atoms with E-state index in [9.17, 15) is 4.79 Å². The maximum absolute atomic E-state index is 10.5. The molecule has 1 unspecified atom stereocenters. The molecule has 0 aromatic carbocycles. The molecule has 0 heterocycles. The Labute approximate surface area is 98.8 Å². The lowest BCUT2D eigenvalue weighted by atomic mass is 9.83. The van der Waals surface area contributed by atoms with Gasteiger partial charge in [-0.3, -0.25) is 9.69 Å². The number of carboxylic acids is 1. The SMILES string of the molecule is CC(CC1CCCCC1)CN(C)CC(=O)O. The number of hydrogen-bond donors (Lipinski definition) is 1. The van der Waals surface area contributed by atoms with Gasteiger partial charge in [0.25, 0.3) is 0 Å². The Morgan fingerprint density at radius 3 is 2.56 bits per heavy atom. The quantitative estimate of drug-likeness (QED) is 0.758. The standard InChI is InChI=1S/C13H25NO2/c1-11(9-14(2)10-13(15)16)8-12-6-4-3-5-7-12/h11-12H,3-10H2,1-2H3,(H,15,16). The third-order valence-electron chi connectivity index (χ3n) is 3.49. The Morgan fingerprint density at radius 2 is 2.00 bits per heavy atom. The summed E-state index contributed by atoms with van der Waals surface area (Å²) in [4.78, 5) is 12.5. The summed E-state index contributed by atoms with van der Waals surface area (Å²) in [6.07, 6.45) is 8.22. The largest absolute Gasteiger partial charge is 0.480 e. The van der Waals surface area contributed by atoms with Crippen molar-refractivity contribution >= 4 is 5.97 Å². The van der Waals surface area contributed by atoms with Gasteiger partial charge in [-0.05, 0) is 25.3 Å². The lowest BCUT2D eigenvalue weighted by Crippen LogP contribution is -2.30. The second-order valence-electron chi connectivity index (χ2n) is 5.44. The highest BCUT2D eigenvalue weighted by atomic mass is 16.4. The zero-order valence-corrected chi connectivity index (χ0v) is 10.6. The van der Waals surface area contributed by atoms with Gasteiger partial charge in [-0.15, -0.1) is 0 Å². The molecule has 94 valence electrons. The maximum Gasteiger partial charge on any atom is 0.317 e. The van der Waals surface area contributed by atoms with Crippen LogP contribution in [-0.2, 0) is 4.79 Å². The number of rotatable bonds is 6. The lowest BCUT2D eigenvalue weighted by Gasteiger charge is -2.26. The van der Waals surface area contributed by atoms with Gasteiger partial charge in [-0.2, -0.15) is 0 Å². The molecule has 0 aliphatic heterocycles. The molecule has 3 nitrogen and oxygen atoms in total. The summed E-state index contributed by atoms with van der Waals surface area (Å²) in [6.45, 7) is 3.31. The predicted molar refractivity (Wildman–Crippen MR) is 65.5 cm³/mol. The van der Waals surface area contributed by atoms with Crippen LogP contribution in [0.1, 0.15) is 45.4 Å². The van der Waals surface area contributed by atoms with E-state index in [1.54, 1.807) is 0 Å². The molecule has 0 bridgehead atoms. The van der Waals surface area contributed by atoms with Crippen molar-refractivity contribution in [3.05, 3.63) is 0 Å². The van der Waals surface area contributed by atoms with Crippen molar-refractivity contribution < 1.29 is 9.90 Å². The van der Waals surface area contributed by atoms with Crippen LogP contribution < -0.4 is 0 Å². The minimum Gasteiger partial charge on any atom is -0.480 e. The van der Waals surface area contributed by atoms with Crippen molar-refractivity contribution in [3.63, 3.8) is 0 Å². The van der Waals surface area contributed by atoms with Crippen LogP contribution in [0.4, 0.5) is 0 Å². The number of nitrogens with zero attached hydrogens (tertiary/aromatic N) is 1. The van der Waals surface area contributed by atoms with E-state index in [0.717, 1.165) is 12.5 Å². The van der Waals surface area contributed by atoms with Crippen molar-refractivity contribution in [2.75, 3.05) is 20.1 Å². The first-order chi connectivity index (χ1) is 7.58. The topological polar surface area (TPSA) is 40.5 Å². The predicted octanol–water partition coefficient (Wildman–Crippen LogP) is 2.61. The highest BCUT2D eigenvalue weighted by molar-refractivity contribution is 5.68. The maximum atomic E-state index is 10.5. The molecule has 0 aromatic rings. The van der Waals surface area contributed by atoms with Gasteiger partial charge in [0, 0.05) is 6.54 Å². The molecule has 1 N–H and O–H groups in total. The molecule has 0 amide bonds. The molecule has 0 radical (unpaired) electrons. The first-order valence-electron chi connectivity index (χ1n) is 6.48. The Balaban J connectivity index is 2.18. The second kappa shape index (κ2) is 6.89. The van der Waals surface area contributed by atoms with Crippen molar-refractivity contribution in [2.45, 2.75) is 45.4 Å². The van der Waals surface area contributed by atoms with Crippen molar-refractivity contribution in [1.82, 2.24) is 4.90 Å². The Bertz CT molecular complexity index is 212. The fourth-order valence-electron chi connectivity index (χ4n) is 2.89. The molecular weight excluding hydrogens is 202 g/mol. The van der Waals surface area contributed by atoms with Gasteiger partial charge in [0.15, 0.2) is 0 Å². The summed E-state index contributed by atoms with van der Waals surface area (Å²) in [5.74, 6) is 0.779. The summed E-state index contributed by atoms with van der Waals surface area (Å²) in [7, 11) is 1.89. The van der Waals surface area contributed by atoms with Gasteiger partial charge in [-0.1, -0.05) is 39.0 Å². The van der Waals surface area contributed by atoms with E-state index in [4.69, 9.17) is 5.11 Å². The van der Waals surface area contributed by atoms with Crippen LogP contribution in [0.25, 0.3) is 0 Å². The second-order valence-corrected chi connectivity index (χ2v) is 5.44. The highest BCUT2D eigenvalue weighted by Gasteiger charge is 2.17. The van der Waals surface area contributed by atoms with E-state index in [1.807, 2.05) is 11.9 Å². The van der Waals surface area contributed by atoms with Crippen molar-refractivity contribution in [1.29, 1.82) is 0 Å². The molecule has 1 aliphatic rings. The van der Waals surface area contributed by atoms with Gasteiger partial charge in [0.2, 0.25) is 0 Å². The minimum absolute atomic E-state index is 0.162. The molecule has 1 atom stereocenters. The molecule has 1 rings (SSSR count). The molecule has 1 saturated carbocycles. The van der Waals surface area contributed by atoms with E-state index in [-0.39, 0.29) is 6.54 Å². The zero-order valence-electron chi connectivity index (χ0n) is 10.6. The van der Waals surface area contributed by atoms with Gasteiger partial charge >= 0.3 is 5.97 Å². The number of carboxylic acid groups (broad SMARTS) is 1. The summed E-state index contributed by atoms with van der Waals surface area (Å²) in [5.41, 5.74) is 0. The number of carbonyl (C=O) groups is 1. The third kappa shape index (κ3) is 5.50. The van der Waals surface area contributed by atoms with Crippen LogP contribution in [0.15, 0.2) is 0 Å². The molecule has 0 aromatic heterocycles. The van der Waals surface area contributed by atoms with Crippen LogP contribution in [0.3, 0.4) is 0 Å². The van der Waals surface area contributed by atoms with Crippen LogP contribution in [0.5, 0.6) is 0 Å². The number of aliphatic carboxylic acids is 1. The van der Waals surface area contributed by atoms with E-state index in [1.165, 1.54) is 38.5 Å². The summed E-state index contributed by atoms with van der Waals surface area (Å²) < 4.78 is 0. The van der Waals surface area contributed by atoms with Crippen LogP contribution in [0, 0.1) is 11.8 Å². The summed E-state index contributed by atoms with van der Waals surface area (Å²) in [6, 6.07) is 0. The average Bonchev–Trinajstić information content (AvgIpc) is 2.17. The van der Waals surface area contributed by atoms with E-state index in [2.05, 4.69) is 6.92 Å². The number of hydrogen-bond acceptors (Lipinski definition) is 2. The first-order valence-corrected chi connectivity index (χ1v) is 6.48. The average molecular weight is 227 g/mol. The monoisotopic (exact) mass is 227 g/mol. The fraction of sp³-hybridized carbons (Fsp3) is 0.923. The smallest absolute Gasteiger partial charge is 0.317 e. The van der Waals surface area contributed by atoms with Crippen LogP contribution in [-0.4, -0.2) is 36.1 Å². The van der Waals surface area contributed by atoms with Gasteiger partial charge in [0.05, 0.1) is 6.54 Å². The summed E-state index contributed by atoms with van der Waals surface area (Å²) in [5, 5.41) is 8.68. The molecule has 0 saturated heterocycles. The molecule has 16 heavy (non-hydrogen) atoms.